The second-order valence-electron chi connectivity index (χ2n) is 8.78. The molecule has 1 fully saturated rings. The average molecular weight is 487 g/mol. The van der Waals surface area contributed by atoms with E-state index in [-0.39, 0.29) is 23.3 Å². The monoisotopic (exact) mass is 486 g/mol. The molecule has 2 aliphatic heterocycles. The highest BCUT2D eigenvalue weighted by Gasteiger charge is 2.27. The predicted molar refractivity (Wildman–Crippen MR) is 125 cm³/mol. The van der Waals surface area contributed by atoms with Crippen molar-refractivity contribution in [2.75, 3.05) is 45.9 Å². The summed E-state index contributed by atoms with van der Waals surface area (Å²) in [7, 11) is 0. The van der Waals surface area contributed by atoms with E-state index in [2.05, 4.69) is 20.6 Å². The Morgan fingerprint density at radius 2 is 1.89 bits per heavy atom. The number of nitrogens with one attached hydrogen (secondary N) is 2. The number of carbonyl (C=O) groups excluding carboxylic acids is 3. The molecular weight excluding hydrogens is 455 g/mol. The number of nitrogens with zero attached hydrogens (tertiary/aromatic N) is 4. The van der Waals surface area contributed by atoms with Gasteiger partial charge in [-0.1, -0.05) is 12.1 Å². The number of halogens is 1. The Balaban J connectivity index is 1.32. The van der Waals surface area contributed by atoms with Gasteiger partial charge in [0.05, 0.1) is 13.2 Å². The van der Waals surface area contributed by atoms with Crippen LogP contribution in [-0.2, 0) is 22.6 Å². The molecule has 0 saturated carbocycles. The zero-order valence-corrected chi connectivity index (χ0v) is 19.8. The average Bonchev–Trinajstić information content (AvgIpc) is 3.23. The van der Waals surface area contributed by atoms with Crippen molar-refractivity contribution in [2.24, 2.45) is 0 Å². The molecule has 10 nitrogen and oxygen atoms in total. The van der Waals surface area contributed by atoms with E-state index >= 15 is 0 Å². The molecule has 1 aromatic heterocycles. The molecule has 1 atom stereocenters. The number of hydrogen-bond donors (Lipinski definition) is 2. The van der Waals surface area contributed by atoms with E-state index in [1.165, 1.54) is 22.9 Å². The molecule has 4 rings (SSSR count). The Morgan fingerprint density at radius 1 is 1.14 bits per heavy atom. The van der Waals surface area contributed by atoms with E-state index in [4.69, 9.17) is 4.74 Å². The molecule has 35 heavy (non-hydrogen) atoms. The molecule has 0 aliphatic carbocycles. The van der Waals surface area contributed by atoms with Gasteiger partial charge in [-0.2, -0.15) is 5.10 Å². The van der Waals surface area contributed by atoms with Crippen molar-refractivity contribution in [3.8, 4) is 0 Å². The summed E-state index contributed by atoms with van der Waals surface area (Å²) in [5, 5.41) is 9.80. The first kappa shape index (κ1) is 24.8. The molecule has 11 heteroatoms. The normalized spacial score (nSPS) is 17.4. The van der Waals surface area contributed by atoms with Crippen molar-refractivity contribution in [1.82, 2.24) is 30.2 Å². The van der Waals surface area contributed by atoms with E-state index in [0.717, 1.165) is 25.2 Å². The molecule has 0 unspecified atom stereocenters. The third-order valence-corrected chi connectivity index (χ3v) is 6.18. The number of morpholine rings is 1. The Hall–Kier alpha value is -3.31. The van der Waals surface area contributed by atoms with Crippen LogP contribution in [0, 0.1) is 5.82 Å². The highest BCUT2D eigenvalue weighted by Crippen LogP contribution is 2.17. The van der Waals surface area contributed by atoms with Crippen molar-refractivity contribution in [1.29, 1.82) is 0 Å². The minimum Gasteiger partial charge on any atom is -0.379 e. The SMILES string of the molecule is C[C@H](NC(=O)c1cc2n(n1)CCCN(Cc1ccc(F)cc1)C2=O)C(=O)NCCN1CCOCC1. The molecule has 2 aromatic rings. The van der Waals surface area contributed by atoms with E-state index in [1.54, 1.807) is 24.0 Å². The fourth-order valence-corrected chi connectivity index (χ4v) is 4.16. The standard InChI is InChI=1S/C24H31FN6O4/c1-17(22(32)26-7-10-29-11-13-35-14-12-29)27-23(33)20-15-21-24(34)30(8-2-9-31(21)28-20)16-18-3-5-19(25)6-4-18/h3-6,15,17H,2,7-14,16H2,1H3,(H,26,32)(H,27,33)/t17-/m0/s1. The van der Waals surface area contributed by atoms with Crippen LogP contribution < -0.4 is 10.6 Å². The summed E-state index contributed by atoms with van der Waals surface area (Å²) in [4.78, 5) is 42.1. The molecule has 3 amide bonds. The molecule has 188 valence electrons. The first-order valence-corrected chi connectivity index (χ1v) is 11.9. The van der Waals surface area contributed by atoms with Gasteiger partial charge >= 0.3 is 0 Å². The zero-order chi connectivity index (χ0) is 24.8. The molecule has 1 aromatic carbocycles. The van der Waals surface area contributed by atoms with Crippen LogP contribution in [0.4, 0.5) is 4.39 Å². The first-order valence-electron chi connectivity index (χ1n) is 11.9. The maximum Gasteiger partial charge on any atom is 0.272 e. The summed E-state index contributed by atoms with van der Waals surface area (Å²) in [5.41, 5.74) is 1.22. The largest absolute Gasteiger partial charge is 0.379 e. The van der Waals surface area contributed by atoms with Crippen LogP contribution in [0.25, 0.3) is 0 Å². The topological polar surface area (TPSA) is 109 Å². The number of hydrogen-bond acceptors (Lipinski definition) is 6. The number of rotatable bonds is 8. The Labute approximate surface area is 203 Å². The highest BCUT2D eigenvalue weighted by atomic mass is 19.1. The van der Waals surface area contributed by atoms with Gasteiger partial charge in [-0.25, -0.2) is 4.39 Å². The number of carbonyl (C=O) groups is 3. The van der Waals surface area contributed by atoms with E-state index in [0.29, 0.717) is 51.5 Å². The maximum atomic E-state index is 13.2. The number of benzene rings is 1. The van der Waals surface area contributed by atoms with E-state index in [9.17, 15) is 18.8 Å². The van der Waals surface area contributed by atoms with Crippen molar-refractivity contribution in [3.05, 3.63) is 53.1 Å². The van der Waals surface area contributed by atoms with E-state index < -0.39 is 11.9 Å². The summed E-state index contributed by atoms with van der Waals surface area (Å²) in [6.07, 6.45) is 0.671. The molecule has 0 radical (unpaired) electrons. The van der Waals surface area contributed by atoms with Gasteiger partial charge in [0, 0.05) is 51.9 Å². The lowest BCUT2D eigenvalue weighted by Gasteiger charge is -2.26. The van der Waals surface area contributed by atoms with Crippen LogP contribution in [0.1, 0.15) is 39.9 Å². The second-order valence-corrected chi connectivity index (χ2v) is 8.78. The highest BCUT2D eigenvalue weighted by molar-refractivity contribution is 5.99. The van der Waals surface area contributed by atoms with Gasteiger partial charge in [0.2, 0.25) is 5.91 Å². The van der Waals surface area contributed by atoms with Crippen LogP contribution >= 0.6 is 0 Å². The van der Waals surface area contributed by atoms with Crippen LogP contribution in [-0.4, -0.2) is 89.3 Å². The molecule has 1 saturated heterocycles. The molecule has 0 bridgehead atoms. The first-order chi connectivity index (χ1) is 16.9. The lowest BCUT2D eigenvalue weighted by molar-refractivity contribution is -0.122. The summed E-state index contributed by atoms with van der Waals surface area (Å²) >= 11 is 0. The Bertz CT molecular complexity index is 1050. The Morgan fingerprint density at radius 3 is 2.63 bits per heavy atom. The molecule has 2 N–H and O–H groups in total. The minimum atomic E-state index is -0.751. The molecule has 3 heterocycles. The number of aryl methyl sites for hydroxylation is 1. The van der Waals surface area contributed by atoms with Gasteiger partial charge in [0.1, 0.15) is 17.6 Å². The van der Waals surface area contributed by atoms with E-state index in [1.807, 2.05) is 0 Å². The van der Waals surface area contributed by atoms with Crippen LogP contribution in [0.15, 0.2) is 30.3 Å². The molecular formula is C24H31FN6O4. The zero-order valence-electron chi connectivity index (χ0n) is 19.8. The summed E-state index contributed by atoms with van der Waals surface area (Å²) < 4.78 is 20.0. The van der Waals surface area contributed by atoms with Gasteiger partial charge in [-0.05, 0) is 31.0 Å². The predicted octanol–water partition coefficient (Wildman–Crippen LogP) is 0.635. The lowest BCUT2D eigenvalue weighted by atomic mass is 10.2. The summed E-state index contributed by atoms with van der Waals surface area (Å²) in [6.45, 7) is 7.25. The Kier molecular flexibility index (Phi) is 8.09. The third-order valence-electron chi connectivity index (χ3n) is 6.18. The van der Waals surface area contributed by atoms with Crippen LogP contribution in [0.2, 0.25) is 0 Å². The van der Waals surface area contributed by atoms with Crippen molar-refractivity contribution in [2.45, 2.75) is 32.5 Å². The quantitative estimate of drug-likeness (QED) is 0.567. The number of ether oxygens (including phenoxy) is 1. The molecule has 0 spiro atoms. The van der Waals surface area contributed by atoms with Gasteiger partial charge in [-0.3, -0.25) is 24.0 Å². The third kappa shape index (κ3) is 6.43. The fraction of sp³-hybridized carbons (Fsp3) is 0.500. The van der Waals surface area contributed by atoms with Crippen molar-refractivity contribution < 1.29 is 23.5 Å². The number of aromatic nitrogens is 2. The van der Waals surface area contributed by atoms with Gasteiger partial charge in [-0.15, -0.1) is 0 Å². The van der Waals surface area contributed by atoms with Gasteiger partial charge in [0.25, 0.3) is 11.8 Å². The maximum absolute atomic E-state index is 13.2. The number of amides is 3. The summed E-state index contributed by atoms with van der Waals surface area (Å²) in [5.74, 6) is -1.37. The number of fused-ring (bicyclic) bond motifs is 1. The fourth-order valence-electron chi connectivity index (χ4n) is 4.16. The lowest BCUT2D eigenvalue weighted by Crippen LogP contribution is -2.47. The minimum absolute atomic E-state index is 0.0879. The van der Waals surface area contributed by atoms with Crippen LogP contribution in [0.5, 0.6) is 0 Å². The van der Waals surface area contributed by atoms with Crippen molar-refractivity contribution >= 4 is 17.7 Å². The van der Waals surface area contributed by atoms with Crippen molar-refractivity contribution in [3.63, 3.8) is 0 Å². The van der Waals surface area contributed by atoms with Crippen LogP contribution in [0.3, 0.4) is 0 Å². The smallest absolute Gasteiger partial charge is 0.272 e. The van der Waals surface area contributed by atoms with Gasteiger partial charge < -0.3 is 20.3 Å². The summed E-state index contributed by atoms with van der Waals surface area (Å²) in [6, 6.07) is 6.74. The second kappa shape index (κ2) is 11.4. The molecule has 2 aliphatic rings. The van der Waals surface area contributed by atoms with Gasteiger partial charge in [0.15, 0.2) is 5.69 Å².